The average molecular weight is 485 g/mol. The molecule has 7 nitrogen and oxygen atoms in total. The number of amides is 1. The molecule has 1 atom stereocenters. The molecule has 184 valence electrons. The molecule has 4 aromatic rings. The molecule has 8 heteroatoms. The van der Waals surface area contributed by atoms with Crippen LogP contribution in [0.15, 0.2) is 67.1 Å². The van der Waals surface area contributed by atoms with Gasteiger partial charge in [0.05, 0.1) is 6.33 Å². The van der Waals surface area contributed by atoms with Crippen LogP contribution in [-0.4, -0.2) is 57.6 Å². The second-order valence-corrected chi connectivity index (χ2v) is 9.66. The van der Waals surface area contributed by atoms with E-state index in [4.69, 9.17) is 0 Å². The molecule has 2 aromatic heterocycles. The van der Waals surface area contributed by atoms with Gasteiger partial charge in [-0.05, 0) is 66.9 Å². The van der Waals surface area contributed by atoms with E-state index in [-0.39, 0.29) is 24.3 Å². The summed E-state index contributed by atoms with van der Waals surface area (Å²) in [6.45, 7) is 6.31. The number of anilines is 2. The van der Waals surface area contributed by atoms with Gasteiger partial charge < -0.3 is 19.3 Å². The first-order valence-electron chi connectivity index (χ1n) is 12.5. The van der Waals surface area contributed by atoms with Crippen molar-refractivity contribution in [2.45, 2.75) is 32.5 Å². The zero-order valence-corrected chi connectivity index (χ0v) is 20.3. The number of benzene rings is 2. The van der Waals surface area contributed by atoms with Crippen molar-refractivity contribution in [2.75, 3.05) is 36.0 Å². The minimum absolute atomic E-state index is 0.0849. The van der Waals surface area contributed by atoms with Gasteiger partial charge in [-0.1, -0.05) is 12.1 Å². The topological polar surface area (TPSA) is 57.5 Å². The van der Waals surface area contributed by atoms with E-state index in [9.17, 15) is 9.18 Å². The van der Waals surface area contributed by atoms with Gasteiger partial charge in [0.25, 0.3) is 0 Å². The fraction of sp³-hybridized carbons (Fsp3) is 0.321. The second kappa shape index (κ2) is 9.26. The molecule has 2 aliphatic rings. The molecule has 0 aliphatic carbocycles. The maximum Gasteiger partial charge on any atom is 0.242 e. The minimum atomic E-state index is -0.212. The van der Waals surface area contributed by atoms with Crippen molar-refractivity contribution in [3.8, 4) is 0 Å². The van der Waals surface area contributed by atoms with Crippen LogP contribution in [-0.2, 0) is 24.3 Å². The highest BCUT2D eigenvalue weighted by Crippen LogP contribution is 2.33. The Morgan fingerprint density at radius 1 is 1.00 bits per heavy atom. The molecule has 1 saturated heterocycles. The third-order valence-corrected chi connectivity index (χ3v) is 7.41. The fourth-order valence-electron chi connectivity index (χ4n) is 5.53. The number of aromatic nitrogens is 3. The third-order valence-electron chi connectivity index (χ3n) is 7.41. The zero-order chi connectivity index (χ0) is 24.6. The van der Waals surface area contributed by atoms with Crippen molar-refractivity contribution in [2.24, 2.45) is 0 Å². The Balaban J connectivity index is 1.17. The van der Waals surface area contributed by atoms with Gasteiger partial charge in [0.1, 0.15) is 17.9 Å². The van der Waals surface area contributed by atoms with Crippen molar-refractivity contribution >= 4 is 28.4 Å². The first kappa shape index (κ1) is 22.5. The van der Waals surface area contributed by atoms with E-state index in [1.807, 2.05) is 33.7 Å². The Morgan fingerprint density at radius 2 is 1.86 bits per heavy atom. The molecule has 4 heterocycles. The van der Waals surface area contributed by atoms with Gasteiger partial charge in [0.15, 0.2) is 5.65 Å². The maximum absolute atomic E-state index is 13.4. The van der Waals surface area contributed by atoms with Crippen LogP contribution < -0.4 is 9.80 Å². The lowest BCUT2D eigenvalue weighted by atomic mass is 9.96. The normalized spacial score (nSPS) is 17.9. The number of rotatable bonds is 4. The van der Waals surface area contributed by atoms with E-state index in [1.54, 1.807) is 12.5 Å². The number of pyridine rings is 1. The molecule has 0 radical (unpaired) electrons. The lowest BCUT2D eigenvalue weighted by molar-refractivity contribution is -0.134. The maximum atomic E-state index is 13.4. The largest absolute Gasteiger partial charge is 0.367 e. The summed E-state index contributed by atoms with van der Waals surface area (Å²) in [5, 5.41) is 0. The van der Waals surface area contributed by atoms with Crippen LogP contribution in [0.1, 0.15) is 18.1 Å². The number of fused-ring (bicyclic) bond motifs is 2. The van der Waals surface area contributed by atoms with E-state index in [0.717, 1.165) is 49.5 Å². The molecule has 2 aromatic carbocycles. The van der Waals surface area contributed by atoms with E-state index >= 15 is 0 Å². The van der Waals surface area contributed by atoms with E-state index < -0.39 is 0 Å². The van der Waals surface area contributed by atoms with E-state index in [0.29, 0.717) is 6.54 Å². The second-order valence-electron chi connectivity index (χ2n) is 9.66. The lowest BCUT2D eigenvalue weighted by Gasteiger charge is -2.43. The number of halogens is 1. The summed E-state index contributed by atoms with van der Waals surface area (Å²) >= 11 is 0. The van der Waals surface area contributed by atoms with Gasteiger partial charge in [-0.2, -0.15) is 0 Å². The zero-order valence-electron chi connectivity index (χ0n) is 20.3. The number of carbonyl (C=O) groups excluding carboxylic acids is 1. The predicted octanol–water partition coefficient (Wildman–Crippen LogP) is 3.87. The van der Waals surface area contributed by atoms with E-state index in [1.165, 1.54) is 28.9 Å². The molecular formula is C28H29FN6O. The number of imidazole rings is 1. The molecule has 2 aliphatic heterocycles. The Labute approximate surface area is 209 Å². The Morgan fingerprint density at radius 3 is 2.69 bits per heavy atom. The summed E-state index contributed by atoms with van der Waals surface area (Å²) in [4.78, 5) is 28.7. The molecule has 0 saturated carbocycles. The van der Waals surface area contributed by atoms with Crippen molar-refractivity contribution in [1.82, 2.24) is 19.4 Å². The van der Waals surface area contributed by atoms with Gasteiger partial charge in [-0.25, -0.2) is 14.4 Å². The van der Waals surface area contributed by atoms with Crippen LogP contribution in [0, 0.1) is 5.82 Å². The van der Waals surface area contributed by atoms with Crippen LogP contribution in [0.25, 0.3) is 11.2 Å². The Bertz CT molecular complexity index is 1400. The van der Waals surface area contributed by atoms with Gasteiger partial charge in [0, 0.05) is 56.3 Å². The van der Waals surface area contributed by atoms with Crippen molar-refractivity contribution in [3.63, 3.8) is 0 Å². The number of hydrogen-bond donors (Lipinski definition) is 0. The SMILES string of the molecule is C[C@@H]1CN(c2cccc3c2CN(c2ccc(F)cc2)CC3)CCN1C(=O)Cn1cnc2cccnc21. The number of nitrogens with zero attached hydrogens (tertiary/aromatic N) is 6. The number of piperazine rings is 1. The highest BCUT2D eigenvalue weighted by atomic mass is 19.1. The fourth-order valence-corrected chi connectivity index (χ4v) is 5.53. The smallest absolute Gasteiger partial charge is 0.242 e. The molecule has 1 amide bonds. The van der Waals surface area contributed by atoms with E-state index in [2.05, 4.69) is 44.9 Å². The molecule has 0 spiro atoms. The highest BCUT2D eigenvalue weighted by Gasteiger charge is 2.30. The molecular weight excluding hydrogens is 455 g/mol. The van der Waals surface area contributed by atoms with Crippen LogP contribution in [0.2, 0.25) is 0 Å². The molecule has 36 heavy (non-hydrogen) atoms. The summed E-state index contributed by atoms with van der Waals surface area (Å²) in [5.41, 5.74) is 6.52. The van der Waals surface area contributed by atoms with Crippen molar-refractivity contribution in [1.29, 1.82) is 0 Å². The predicted molar refractivity (Wildman–Crippen MR) is 139 cm³/mol. The van der Waals surface area contributed by atoms with Crippen LogP contribution in [0.3, 0.4) is 0 Å². The Hall–Kier alpha value is -3.94. The van der Waals surface area contributed by atoms with Crippen LogP contribution in [0.4, 0.5) is 15.8 Å². The Kier molecular flexibility index (Phi) is 5.79. The molecule has 6 rings (SSSR count). The first-order valence-corrected chi connectivity index (χ1v) is 12.5. The monoisotopic (exact) mass is 484 g/mol. The summed E-state index contributed by atoms with van der Waals surface area (Å²) in [6, 6.07) is 17.2. The molecule has 0 bridgehead atoms. The molecule has 0 N–H and O–H groups in total. The summed E-state index contributed by atoms with van der Waals surface area (Å²) in [5.74, 6) is -0.125. The summed E-state index contributed by atoms with van der Waals surface area (Å²) in [7, 11) is 0. The summed E-state index contributed by atoms with van der Waals surface area (Å²) < 4.78 is 15.3. The lowest BCUT2D eigenvalue weighted by Crippen LogP contribution is -2.55. The highest BCUT2D eigenvalue weighted by molar-refractivity contribution is 5.79. The number of carbonyl (C=O) groups is 1. The van der Waals surface area contributed by atoms with Gasteiger partial charge in [-0.3, -0.25) is 4.79 Å². The standard InChI is InChI=1S/C28H29FN6O/c1-20-16-33(14-15-35(20)27(36)18-34-19-31-25-5-3-12-30-28(25)34)26-6-2-4-21-11-13-32(17-24(21)26)23-9-7-22(29)8-10-23/h2-10,12,19-20H,11,13-18H2,1H3/t20-/m1/s1. The summed E-state index contributed by atoms with van der Waals surface area (Å²) in [6.07, 6.45) is 4.38. The molecule has 1 fully saturated rings. The quantitative estimate of drug-likeness (QED) is 0.440. The van der Waals surface area contributed by atoms with Crippen molar-refractivity contribution < 1.29 is 9.18 Å². The molecule has 0 unspecified atom stereocenters. The third kappa shape index (κ3) is 4.17. The van der Waals surface area contributed by atoms with Crippen LogP contribution >= 0.6 is 0 Å². The first-order chi connectivity index (χ1) is 17.6. The van der Waals surface area contributed by atoms with Gasteiger partial charge in [-0.15, -0.1) is 0 Å². The van der Waals surface area contributed by atoms with Gasteiger partial charge in [0.2, 0.25) is 5.91 Å². The minimum Gasteiger partial charge on any atom is -0.367 e. The van der Waals surface area contributed by atoms with Gasteiger partial charge >= 0.3 is 0 Å². The number of hydrogen-bond acceptors (Lipinski definition) is 5. The van der Waals surface area contributed by atoms with Crippen LogP contribution in [0.5, 0.6) is 0 Å². The van der Waals surface area contributed by atoms with Crippen molar-refractivity contribution in [3.05, 3.63) is 84.1 Å². The average Bonchev–Trinajstić information content (AvgIpc) is 3.31.